The highest BCUT2D eigenvalue weighted by molar-refractivity contribution is 5.86. The number of alkyl carbamates (subject to hydrolysis) is 1. The second-order valence-corrected chi connectivity index (χ2v) is 8.58. The number of nitrogens with one attached hydrogen (secondary N) is 1. The van der Waals surface area contributed by atoms with Crippen LogP contribution in [-0.2, 0) is 14.3 Å². The van der Waals surface area contributed by atoms with Crippen LogP contribution in [0.2, 0.25) is 0 Å². The van der Waals surface area contributed by atoms with Crippen LogP contribution in [0, 0.1) is 5.92 Å². The first-order valence-corrected chi connectivity index (χ1v) is 11.0. The fourth-order valence-electron chi connectivity index (χ4n) is 4.84. The predicted octanol–water partition coefficient (Wildman–Crippen LogP) is 3.63. The smallest absolute Gasteiger partial charge is 0.407 e. The molecule has 0 aromatic heterocycles. The summed E-state index contributed by atoms with van der Waals surface area (Å²) in [5, 5.41) is 12.0. The largest absolute Gasteiger partial charge is 0.480 e. The zero-order chi connectivity index (χ0) is 22.8. The molecule has 7 nitrogen and oxygen atoms in total. The van der Waals surface area contributed by atoms with E-state index in [-0.39, 0.29) is 24.5 Å². The van der Waals surface area contributed by atoms with Gasteiger partial charge in [0, 0.05) is 19.0 Å². The van der Waals surface area contributed by atoms with Gasteiger partial charge in [-0.3, -0.25) is 4.79 Å². The molecule has 4 rings (SSSR count). The molecular weight excluding hydrogens is 408 g/mol. The Kier molecular flexibility index (Phi) is 6.17. The fraction of sp³-hybridized carbons (Fsp3) is 0.400. The number of carbonyl (C=O) groups is 3. The summed E-state index contributed by atoms with van der Waals surface area (Å²) in [6.45, 7) is 1.68. The Labute approximate surface area is 187 Å². The third kappa shape index (κ3) is 4.07. The van der Waals surface area contributed by atoms with Crippen LogP contribution in [0.4, 0.5) is 4.79 Å². The minimum absolute atomic E-state index is 0.0308. The number of likely N-dealkylation sites (N-methyl/N-ethyl adjacent to an activating group) is 1. The average Bonchev–Trinajstić information content (AvgIpc) is 3.38. The van der Waals surface area contributed by atoms with Crippen molar-refractivity contribution in [1.82, 2.24) is 10.2 Å². The van der Waals surface area contributed by atoms with Gasteiger partial charge in [0.1, 0.15) is 12.6 Å². The highest BCUT2D eigenvalue weighted by Crippen LogP contribution is 2.44. The molecular formula is C25H28N2O5. The van der Waals surface area contributed by atoms with E-state index in [1.165, 1.54) is 18.9 Å². The third-order valence-corrected chi connectivity index (χ3v) is 6.77. The lowest BCUT2D eigenvalue weighted by Gasteiger charge is -2.28. The molecule has 0 heterocycles. The van der Waals surface area contributed by atoms with Crippen molar-refractivity contribution < 1.29 is 24.2 Å². The summed E-state index contributed by atoms with van der Waals surface area (Å²) in [5.41, 5.74) is 4.60. The zero-order valence-corrected chi connectivity index (χ0v) is 18.3. The zero-order valence-electron chi connectivity index (χ0n) is 18.3. The number of amides is 2. The lowest BCUT2D eigenvalue weighted by molar-refractivity contribution is -0.150. The Balaban J connectivity index is 1.39. The first-order valence-electron chi connectivity index (χ1n) is 11.0. The summed E-state index contributed by atoms with van der Waals surface area (Å²) in [5.74, 6) is -1.79. The molecule has 0 bridgehead atoms. The molecule has 2 aliphatic rings. The van der Waals surface area contributed by atoms with Gasteiger partial charge in [-0.2, -0.15) is 0 Å². The topological polar surface area (TPSA) is 95.9 Å². The number of carboxylic acids is 1. The van der Waals surface area contributed by atoms with Gasteiger partial charge in [0.15, 0.2) is 0 Å². The number of benzene rings is 2. The molecule has 168 valence electrons. The van der Waals surface area contributed by atoms with Crippen LogP contribution in [0.5, 0.6) is 0 Å². The van der Waals surface area contributed by atoms with Crippen LogP contribution in [0.15, 0.2) is 48.5 Å². The summed E-state index contributed by atoms with van der Waals surface area (Å²) >= 11 is 0. The highest BCUT2D eigenvalue weighted by atomic mass is 16.5. The van der Waals surface area contributed by atoms with Crippen molar-refractivity contribution in [3.8, 4) is 11.1 Å². The van der Waals surface area contributed by atoms with Gasteiger partial charge in [0.05, 0.1) is 5.92 Å². The molecule has 2 amide bonds. The Bertz CT molecular complexity index is 991. The summed E-state index contributed by atoms with van der Waals surface area (Å²) < 4.78 is 5.61. The number of ether oxygens (including phenoxy) is 1. The van der Waals surface area contributed by atoms with Crippen molar-refractivity contribution in [3.05, 3.63) is 59.7 Å². The second-order valence-electron chi connectivity index (χ2n) is 8.58. The Hall–Kier alpha value is -3.35. The normalized spacial score (nSPS) is 20.2. The van der Waals surface area contributed by atoms with Crippen LogP contribution < -0.4 is 5.32 Å². The minimum atomic E-state index is -1.06. The number of hydrogen-bond acceptors (Lipinski definition) is 4. The number of fused-ring (bicyclic) bond motifs is 3. The molecule has 0 radical (unpaired) electrons. The Morgan fingerprint density at radius 2 is 1.66 bits per heavy atom. The maximum absolute atomic E-state index is 12.8. The van der Waals surface area contributed by atoms with Crippen molar-refractivity contribution in [2.24, 2.45) is 5.92 Å². The second kappa shape index (κ2) is 9.02. The molecule has 2 N–H and O–H groups in total. The number of rotatable bonds is 6. The van der Waals surface area contributed by atoms with Gasteiger partial charge in [0.25, 0.3) is 0 Å². The van der Waals surface area contributed by atoms with E-state index in [4.69, 9.17) is 4.74 Å². The van der Waals surface area contributed by atoms with Crippen LogP contribution in [0.25, 0.3) is 11.1 Å². The number of hydrogen-bond donors (Lipinski definition) is 2. The average molecular weight is 437 g/mol. The maximum atomic E-state index is 12.8. The van der Waals surface area contributed by atoms with E-state index in [1.807, 2.05) is 24.3 Å². The quantitative estimate of drug-likeness (QED) is 0.721. The van der Waals surface area contributed by atoms with Crippen LogP contribution >= 0.6 is 0 Å². The molecule has 2 aromatic carbocycles. The lowest BCUT2D eigenvalue weighted by Crippen LogP contribution is -2.48. The first-order chi connectivity index (χ1) is 15.4. The molecule has 2 unspecified atom stereocenters. The van der Waals surface area contributed by atoms with Gasteiger partial charge in [-0.05, 0) is 42.0 Å². The summed E-state index contributed by atoms with van der Waals surface area (Å²) in [7, 11) is 1.49. The van der Waals surface area contributed by atoms with E-state index < -0.39 is 24.0 Å². The molecule has 32 heavy (non-hydrogen) atoms. The van der Waals surface area contributed by atoms with E-state index in [9.17, 15) is 19.5 Å². The SMILES string of the molecule is C[C@@H](C(=O)O)N(C)C(=O)C1CCCC1NC(=O)OCC1c2ccccc2-c2ccccc21. The fourth-order valence-corrected chi connectivity index (χ4v) is 4.84. The van der Waals surface area contributed by atoms with E-state index in [0.717, 1.165) is 28.7 Å². The maximum Gasteiger partial charge on any atom is 0.407 e. The van der Waals surface area contributed by atoms with Crippen LogP contribution in [0.3, 0.4) is 0 Å². The molecule has 7 heteroatoms. The van der Waals surface area contributed by atoms with Crippen molar-refractivity contribution >= 4 is 18.0 Å². The molecule has 1 saturated carbocycles. The molecule has 0 saturated heterocycles. The van der Waals surface area contributed by atoms with Crippen LogP contribution in [0.1, 0.15) is 43.2 Å². The van der Waals surface area contributed by atoms with E-state index >= 15 is 0 Å². The van der Waals surface area contributed by atoms with Gasteiger partial charge >= 0.3 is 12.1 Å². The number of nitrogens with zero attached hydrogens (tertiary/aromatic N) is 1. The molecule has 0 aliphatic heterocycles. The molecule has 0 spiro atoms. The molecule has 2 aliphatic carbocycles. The number of carbonyl (C=O) groups excluding carboxylic acids is 2. The molecule has 3 atom stereocenters. The van der Waals surface area contributed by atoms with Gasteiger partial charge in [0.2, 0.25) is 5.91 Å². The number of aliphatic carboxylic acids is 1. The summed E-state index contributed by atoms with van der Waals surface area (Å²) in [6, 6.07) is 15.0. The standard InChI is InChI=1S/C25H28N2O5/c1-15(24(29)30)27(2)23(28)20-12-7-13-22(20)26-25(31)32-14-21-18-10-5-3-8-16(18)17-9-4-6-11-19(17)21/h3-6,8-11,15,20-22H,7,12-14H2,1-2H3,(H,26,31)(H,29,30)/t15-,20?,22?/m0/s1. The highest BCUT2D eigenvalue weighted by Gasteiger charge is 2.38. The van der Waals surface area contributed by atoms with Crippen LogP contribution in [-0.4, -0.2) is 53.7 Å². The summed E-state index contributed by atoms with van der Waals surface area (Å²) in [4.78, 5) is 37.9. The number of carboxylic acid groups (broad SMARTS) is 1. The van der Waals surface area contributed by atoms with Crippen molar-refractivity contribution in [2.75, 3.05) is 13.7 Å². The van der Waals surface area contributed by atoms with Gasteiger partial charge in [-0.15, -0.1) is 0 Å². The van der Waals surface area contributed by atoms with E-state index in [1.54, 1.807) is 0 Å². The van der Waals surface area contributed by atoms with Gasteiger partial charge in [-0.1, -0.05) is 55.0 Å². The summed E-state index contributed by atoms with van der Waals surface area (Å²) in [6.07, 6.45) is 1.52. The Morgan fingerprint density at radius 3 is 2.25 bits per heavy atom. The van der Waals surface area contributed by atoms with E-state index in [0.29, 0.717) is 12.8 Å². The van der Waals surface area contributed by atoms with E-state index in [2.05, 4.69) is 29.6 Å². The van der Waals surface area contributed by atoms with Crippen molar-refractivity contribution in [1.29, 1.82) is 0 Å². The minimum Gasteiger partial charge on any atom is -0.480 e. The Morgan fingerprint density at radius 1 is 1.06 bits per heavy atom. The lowest BCUT2D eigenvalue weighted by atomic mass is 9.98. The van der Waals surface area contributed by atoms with Gasteiger partial charge in [-0.25, -0.2) is 9.59 Å². The third-order valence-electron chi connectivity index (χ3n) is 6.77. The van der Waals surface area contributed by atoms with Crippen molar-refractivity contribution in [2.45, 2.75) is 44.2 Å². The molecule has 1 fully saturated rings. The predicted molar refractivity (Wildman–Crippen MR) is 119 cm³/mol. The monoisotopic (exact) mass is 436 g/mol. The first kappa shape index (κ1) is 21.9. The van der Waals surface area contributed by atoms with Gasteiger partial charge < -0.3 is 20.1 Å². The molecule has 2 aromatic rings. The van der Waals surface area contributed by atoms with Crippen molar-refractivity contribution in [3.63, 3.8) is 0 Å².